The van der Waals surface area contributed by atoms with Crippen LogP contribution in [0.5, 0.6) is 0 Å². The number of amides is 1. The zero-order chi connectivity index (χ0) is 14.5. The summed E-state index contributed by atoms with van der Waals surface area (Å²) >= 11 is 0. The topological polar surface area (TPSA) is 78.4 Å². The van der Waals surface area contributed by atoms with Crippen molar-refractivity contribution in [2.75, 3.05) is 13.1 Å². The van der Waals surface area contributed by atoms with Crippen LogP contribution in [0.3, 0.4) is 0 Å². The average molecular weight is 276 g/mol. The minimum atomic E-state index is -0.999. The molecule has 20 heavy (non-hydrogen) atoms. The molecule has 1 aromatic rings. The van der Waals surface area contributed by atoms with Gasteiger partial charge in [-0.3, -0.25) is 4.79 Å². The predicted octanol–water partition coefficient (Wildman–Crippen LogP) is 0.654. The molecule has 1 aliphatic rings. The average Bonchev–Trinajstić information content (AvgIpc) is 2.36. The van der Waals surface area contributed by atoms with Crippen molar-refractivity contribution in [2.24, 2.45) is 11.8 Å². The third-order valence-corrected chi connectivity index (χ3v) is 3.83. The smallest absolute Gasteiger partial charge is 0.326 e. The zero-order valence-electron chi connectivity index (χ0n) is 11.5. The molecule has 2 rings (SSSR count). The SMILES string of the molecule is CC(C(=O)NC(Cc1ccccc1)C(=O)O)C1CNC1. The third kappa shape index (κ3) is 3.57. The lowest BCUT2D eigenvalue weighted by atomic mass is 9.88. The molecular formula is C15H20N2O3. The molecule has 2 atom stereocenters. The molecule has 3 N–H and O–H groups in total. The van der Waals surface area contributed by atoms with Crippen molar-refractivity contribution in [3.05, 3.63) is 35.9 Å². The highest BCUT2D eigenvalue weighted by Gasteiger charge is 2.31. The summed E-state index contributed by atoms with van der Waals surface area (Å²) < 4.78 is 0. The summed E-state index contributed by atoms with van der Waals surface area (Å²) in [7, 11) is 0. The minimum absolute atomic E-state index is 0.158. The summed E-state index contributed by atoms with van der Waals surface area (Å²) in [6, 6.07) is 8.45. The Labute approximate surface area is 118 Å². The Kier molecular flexibility index (Phi) is 4.74. The van der Waals surface area contributed by atoms with Crippen LogP contribution in [0.4, 0.5) is 0 Å². The van der Waals surface area contributed by atoms with E-state index >= 15 is 0 Å². The lowest BCUT2D eigenvalue weighted by molar-refractivity contribution is -0.142. The van der Waals surface area contributed by atoms with Gasteiger partial charge in [-0.25, -0.2) is 4.79 Å². The van der Waals surface area contributed by atoms with Crippen molar-refractivity contribution in [1.29, 1.82) is 0 Å². The summed E-state index contributed by atoms with van der Waals surface area (Å²) in [5.41, 5.74) is 0.901. The van der Waals surface area contributed by atoms with Crippen molar-refractivity contribution < 1.29 is 14.7 Å². The van der Waals surface area contributed by atoms with Gasteiger partial charge in [-0.2, -0.15) is 0 Å². The Bertz CT molecular complexity index is 471. The highest BCUT2D eigenvalue weighted by Crippen LogP contribution is 2.16. The van der Waals surface area contributed by atoms with Gasteiger partial charge in [0, 0.05) is 12.3 Å². The first-order valence-corrected chi connectivity index (χ1v) is 6.85. The van der Waals surface area contributed by atoms with Crippen LogP contribution in [0.25, 0.3) is 0 Å². The van der Waals surface area contributed by atoms with Crippen LogP contribution < -0.4 is 10.6 Å². The van der Waals surface area contributed by atoms with Gasteiger partial charge >= 0.3 is 5.97 Å². The number of carbonyl (C=O) groups excluding carboxylic acids is 1. The normalized spacial score (nSPS) is 17.9. The molecule has 1 heterocycles. The van der Waals surface area contributed by atoms with Gasteiger partial charge < -0.3 is 15.7 Å². The third-order valence-electron chi connectivity index (χ3n) is 3.83. The Morgan fingerprint density at radius 3 is 2.50 bits per heavy atom. The number of rotatable bonds is 6. The summed E-state index contributed by atoms with van der Waals surface area (Å²) in [6.45, 7) is 3.50. The monoisotopic (exact) mass is 276 g/mol. The van der Waals surface area contributed by atoms with Crippen LogP contribution >= 0.6 is 0 Å². The van der Waals surface area contributed by atoms with Gasteiger partial charge in [0.05, 0.1) is 0 Å². The van der Waals surface area contributed by atoms with Gasteiger partial charge in [0.2, 0.25) is 5.91 Å². The number of hydrogen-bond donors (Lipinski definition) is 3. The van der Waals surface area contributed by atoms with Gasteiger partial charge in [0.1, 0.15) is 6.04 Å². The van der Waals surface area contributed by atoms with E-state index in [0.29, 0.717) is 12.3 Å². The summed E-state index contributed by atoms with van der Waals surface area (Å²) in [5.74, 6) is -1.03. The van der Waals surface area contributed by atoms with Gasteiger partial charge in [-0.05, 0) is 24.6 Å². The first kappa shape index (κ1) is 14.5. The minimum Gasteiger partial charge on any atom is -0.480 e. The highest BCUT2D eigenvalue weighted by atomic mass is 16.4. The second-order valence-electron chi connectivity index (χ2n) is 5.30. The van der Waals surface area contributed by atoms with E-state index in [1.165, 1.54) is 0 Å². The summed E-state index contributed by atoms with van der Waals surface area (Å²) in [4.78, 5) is 23.4. The molecule has 1 aromatic carbocycles. The molecule has 0 bridgehead atoms. The van der Waals surface area contributed by atoms with E-state index < -0.39 is 12.0 Å². The fourth-order valence-corrected chi connectivity index (χ4v) is 2.23. The molecule has 0 spiro atoms. The lowest BCUT2D eigenvalue weighted by Gasteiger charge is -2.32. The Balaban J connectivity index is 1.95. The van der Waals surface area contributed by atoms with Crippen LogP contribution in [0.1, 0.15) is 12.5 Å². The van der Waals surface area contributed by atoms with E-state index in [4.69, 9.17) is 0 Å². The van der Waals surface area contributed by atoms with Crippen molar-refractivity contribution >= 4 is 11.9 Å². The summed E-state index contributed by atoms with van der Waals surface area (Å²) in [6.07, 6.45) is 0.303. The van der Waals surface area contributed by atoms with Crippen molar-refractivity contribution in [2.45, 2.75) is 19.4 Å². The van der Waals surface area contributed by atoms with Crippen molar-refractivity contribution in [1.82, 2.24) is 10.6 Å². The molecule has 5 heteroatoms. The molecule has 1 saturated heterocycles. The molecule has 2 unspecified atom stereocenters. The van der Waals surface area contributed by atoms with Crippen LogP contribution in [-0.4, -0.2) is 36.1 Å². The quantitative estimate of drug-likeness (QED) is 0.713. The molecule has 0 aliphatic carbocycles. The van der Waals surface area contributed by atoms with Crippen molar-refractivity contribution in [3.8, 4) is 0 Å². The Morgan fingerprint density at radius 2 is 2.00 bits per heavy atom. The molecule has 1 aliphatic heterocycles. The number of benzene rings is 1. The molecule has 1 amide bonds. The number of carboxylic acid groups (broad SMARTS) is 1. The largest absolute Gasteiger partial charge is 0.480 e. The molecule has 0 radical (unpaired) electrons. The zero-order valence-corrected chi connectivity index (χ0v) is 11.5. The van der Waals surface area contributed by atoms with E-state index in [2.05, 4.69) is 10.6 Å². The number of carboxylic acids is 1. The fraction of sp³-hybridized carbons (Fsp3) is 0.467. The van der Waals surface area contributed by atoms with Crippen LogP contribution in [0.2, 0.25) is 0 Å². The fourth-order valence-electron chi connectivity index (χ4n) is 2.23. The van der Waals surface area contributed by atoms with E-state index in [-0.39, 0.29) is 11.8 Å². The lowest BCUT2D eigenvalue weighted by Crippen LogP contribution is -2.52. The standard InChI is InChI=1S/C15H20N2O3/c1-10(12-8-16-9-12)14(18)17-13(15(19)20)7-11-5-3-2-4-6-11/h2-6,10,12-13,16H,7-9H2,1H3,(H,17,18)(H,19,20). The number of aliphatic carboxylic acids is 1. The Morgan fingerprint density at radius 1 is 1.35 bits per heavy atom. The number of carbonyl (C=O) groups is 2. The van der Waals surface area contributed by atoms with Gasteiger partial charge in [-0.15, -0.1) is 0 Å². The van der Waals surface area contributed by atoms with Crippen molar-refractivity contribution in [3.63, 3.8) is 0 Å². The molecule has 108 valence electrons. The molecule has 0 aromatic heterocycles. The first-order valence-electron chi connectivity index (χ1n) is 6.85. The van der Waals surface area contributed by atoms with E-state index in [1.54, 1.807) is 0 Å². The summed E-state index contributed by atoms with van der Waals surface area (Å²) in [5, 5.41) is 15.0. The molecule has 0 saturated carbocycles. The predicted molar refractivity (Wildman–Crippen MR) is 75.2 cm³/mol. The van der Waals surface area contributed by atoms with Gasteiger partial charge in [0.25, 0.3) is 0 Å². The molecule has 1 fully saturated rings. The Hall–Kier alpha value is -1.88. The highest BCUT2D eigenvalue weighted by molar-refractivity contribution is 5.85. The first-order chi connectivity index (χ1) is 9.58. The van der Waals surface area contributed by atoms with E-state index in [0.717, 1.165) is 18.7 Å². The maximum atomic E-state index is 12.1. The second-order valence-corrected chi connectivity index (χ2v) is 5.30. The molecule has 5 nitrogen and oxygen atoms in total. The van der Waals surface area contributed by atoms with Crippen LogP contribution in [0, 0.1) is 11.8 Å². The van der Waals surface area contributed by atoms with Gasteiger partial charge in [-0.1, -0.05) is 37.3 Å². The van der Waals surface area contributed by atoms with E-state index in [1.807, 2.05) is 37.3 Å². The maximum Gasteiger partial charge on any atom is 0.326 e. The van der Waals surface area contributed by atoms with E-state index in [9.17, 15) is 14.7 Å². The van der Waals surface area contributed by atoms with Crippen LogP contribution in [-0.2, 0) is 16.0 Å². The van der Waals surface area contributed by atoms with Crippen LogP contribution in [0.15, 0.2) is 30.3 Å². The number of hydrogen-bond acceptors (Lipinski definition) is 3. The second kappa shape index (κ2) is 6.52. The molecular weight excluding hydrogens is 256 g/mol. The number of nitrogens with one attached hydrogen (secondary N) is 2. The maximum absolute atomic E-state index is 12.1. The van der Waals surface area contributed by atoms with Gasteiger partial charge in [0.15, 0.2) is 0 Å².